The van der Waals surface area contributed by atoms with E-state index in [1.807, 2.05) is 0 Å². The zero-order valence-electron chi connectivity index (χ0n) is 15.8. The summed E-state index contributed by atoms with van der Waals surface area (Å²) < 4.78 is 13.8. The molecule has 0 aromatic carbocycles. The minimum absolute atomic E-state index is 0.0144. The number of aliphatic hydroxyl groups is 1. The molecule has 1 fully saturated rings. The Morgan fingerprint density at radius 2 is 2.19 bits per heavy atom. The lowest BCUT2D eigenvalue weighted by Gasteiger charge is -2.37. The third-order valence-corrected chi connectivity index (χ3v) is 9.88. The third kappa shape index (κ3) is 3.41. The van der Waals surface area contributed by atoms with Crippen molar-refractivity contribution in [3.05, 3.63) is 16.7 Å². The van der Waals surface area contributed by atoms with Gasteiger partial charge in [-0.15, -0.1) is 0 Å². The van der Waals surface area contributed by atoms with Crippen molar-refractivity contribution >= 4 is 25.4 Å². The van der Waals surface area contributed by atoms with Crippen LogP contribution in [0.25, 0.3) is 11.2 Å². The molecule has 0 radical (unpaired) electrons. The fraction of sp³-hybridized carbons (Fsp3) is 0.688. The van der Waals surface area contributed by atoms with Gasteiger partial charge in [-0.2, -0.15) is 4.98 Å². The lowest BCUT2D eigenvalue weighted by atomic mass is 10.2. The number of nitrogen functional groups attached to an aromatic ring is 1. The molecule has 1 aliphatic rings. The van der Waals surface area contributed by atoms with E-state index < -0.39 is 32.3 Å². The quantitative estimate of drug-likeness (QED) is 0.682. The average molecular weight is 382 g/mol. The summed E-state index contributed by atoms with van der Waals surface area (Å²) in [6.45, 7) is 11.1. The van der Waals surface area contributed by atoms with E-state index in [2.05, 4.69) is 48.8 Å². The highest BCUT2D eigenvalue weighted by Crippen LogP contribution is 2.38. The Morgan fingerprint density at radius 3 is 2.85 bits per heavy atom. The van der Waals surface area contributed by atoms with Crippen LogP contribution in [0.15, 0.2) is 11.1 Å². The minimum Gasteiger partial charge on any atom is -0.414 e. The zero-order chi connectivity index (χ0) is 19.3. The molecule has 0 bridgehead atoms. The molecule has 3 atom stereocenters. The first-order valence-corrected chi connectivity index (χ1v) is 11.6. The van der Waals surface area contributed by atoms with Gasteiger partial charge in [0.15, 0.2) is 19.5 Å². The van der Waals surface area contributed by atoms with E-state index in [0.29, 0.717) is 18.7 Å². The molecular formula is C16H27N5O4Si. The number of H-pyrrole nitrogens is 1. The first-order chi connectivity index (χ1) is 12.0. The highest BCUT2D eigenvalue weighted by molar-refractivity contribution is 6.74. The standard InChI is InChI=1S/C16H27N5O4Si/c1-16(2,3)26(4,5)24-7-10-9(22)6-11(25-10)21-8-18-12-13(21)19-15(17)20-14(12)23/h8-11,22H,6-7H2,1-5H3,(H3,17,19,20,23)/t9-,10+,11+/m1/s1. The lowest BCUT2D eigenvalue weighted by molar-refractivity contribution is -0.0405. The van der Waals surface area contributed by atoms with Gasteiger partial charge < -0.3 is 20.0 Å². The first kappa shape index (κ1) is 19.0. The minimum atomic E-state index is -1.93. The van der Waals surface area contributed by atoms with E-state index >= 15 is 0 Å². The van der Waals surface area contributed by atoms with Gasteiger partial charge in [0.2, 0.25) is 5.95 Å². The molecule has 1 saturated heterocycles. The predicted molar refractivity (Wildman–Crippen MR) is 100 cm³/mol. The summed E-state index contributed by atoms with van der Waals surface area (Å²) in [5, 5.41) is 10.5. The van der Waals surface area contributed by atoms with Crippen LogP contribution in [-0.4, -0.2) is 51.8 Å². The second-order valence-electron chi connectivity index (χ2n) is 8.28. The van der Waals surface area contributed by atoms with Gasteiger partial charge in [-0.25, -0.2) is 4.98 Å². The maximum atomic E-state index is 11.9. The van der Waals surface area contributed by atoms with Crippen LogP contribution in [-0.2, 0) is 9.16 Å². The number of anilines is 1. The van der Waals surface area contributed by atoms with Crippen LogP contribution in [0.5, 0.6) is 0 Å². The molecule has 1 aliphatic heterocycles. The van der Waals surface area contributed by atoms with Gasteiger partial charge in [-0.05, 0) is 18.1 Å². The number of hydrogen-bond donors (Lipinski definition) is 3. The number of fused-ring (bicyclic) bond motifs is 1. The van der Waals surface area contributed by atoms with Crippen molar-refractivity contribution in [3.8, 4) is 0 Å². The van der Waals surface area contributed by atoms with E-state index in [-0.39, 0.29) is 16.5 Å². The Balaban J connectivity index is 1.76. The van der Waals surface area contributed by atoms with Crippen LogP contribution in [0, 0.1) is 0 Å². The maximum Gasteiger partial charge on any atom is 0.280 e. The van der Waals surface area contributed by atoms with Crippen LogP contribution in [0.1, 0.15) is 33.4 Å². The number of aromatic nitrogens is 4. The lowest BCUT2D eigenvalue weighted by Crippen LogP contribution is -2.43. The average Bonchev–Trinajstić information content (AvgIpc) is 3.07. The molecule has 0 aliphatic carbocycles. The molecule has 9 nitrogen and oxygen atoms in total. The molecule has 0 saturated carbocycles. The number of nitrogens with zero attached hydrogens (tertiary/aromatic N) is 3. The largest absolute Gasteiger partial charge is 0.414 e. The van der Waals surface area contributed by atoms with Gasteiger partial charge in [0.05, 0.1) is 19.0 Å². The Morgan fingerprint density at radius 1 is 1.50 bits per heavy atom. The molecule has 0 spiro atoms. The van der Waals surface area contributed by atoms with E-state index in [4.69, 9.17) is 14.9 Å². The summed E-state index contributed by atoms with van der Waals surface area (Å²) in [7, 11) is -1.93. The summed E-state index contributed by atoms with van der Waals surface area (Å²) in [4.78, 5) is 22.6. The van der Waals surface area contributed by atoms with E-state index in [0.717, 1.165) is 0 Å². The van der Waals surface area contributed by atoms with Gasteiger partial charge in [0, 0.05) is 6.42 Å². The molecule has 0 unspecified atom stereocenters. The molecule has 3 rings (SSSR count). The number of rotatable bonds is 4. The smallest absolute Gasteiger partial charge is 0.280 e. The Bertz CT molecular complexity index is 856. The molecule has 10 heteroatoms. The molecule has 26 heavy (non-hydrogen) atoms. The Hall–Kier alpha value is -1.75. The van der Waals surface area contributed by atoms with Gasteiger partial charge in [-0.3, -0.25) is 14.3 Å². The summed E-state index contributed by atoms with van der Waals surface area (Å²) in [6.07, 6.45) is 0.274. The number of nitrogens with one attached hydrogen (secondary N) is 1. The van der Waals surface area contributed by atoms with Gasteiger partial charge in [0.1, 0.15) is 12.3 Å². The third-order valence-electron chi connectivity index (χ3n) is 5.38. The van der Waals surface area contributed by atoms with Crippen LogP contribution < -0.4 is 11.3 Å². The highest BCUT2D eigenvalue weighted by atomic mass is 28.4. The maximum absolute atomic E-state index is 11.9. The molecule has 0 amide bonds. The zero-order valence-corrected chi connectivity index (χ0v) is 16.8. The molecule has 144 valence electrons. The van der Waals surface area contributed by atoms with Gasteiger partial charge >= 0.3 is 0 Å². The Kier molecular flexibility index (Phi) is 4.72. The summed E-state index contributed by atoms with van der Waals surface area (Å²) in [6, 6.07) is 0. The van der Waals surface area contributed by atoms with E-state index in [1.165, 1.54) is 6.33 Å². The molecular weight excluding hydrogens is 354 g/mol. The second kappa shape index (κ2) is 6.45. The van der Waals surface area contributed by atoms with Crippen molar-refractivity contribution in [2.75, 3.05) is 12.3 Å². The number of ether oxygens (including phenoxy) is 1. The van der Waals surface area contributed by atoms with Crippen LogP contribution >= 0.6 is 0 Å². The fourth-order valence-electron chi connectivity index (χ4n) is 2.70. The highest BCUT2D eigenvalue weighted by Gasteiger charge is 2.41. The molecule has 4 N–H and O–H groups in total. The topological polar surface area (TPSA) is 128 Å². The van der Waals surface area contributed by atoms with Crippen molar-refractivity contribution in [2.24, 2.45) is 0 Å². The Labute approximate surface area is 152 Å². The number of aliphatic hydroxyl groups excluding tert-OH is 1. The van der Waals surface area contributed by atoms with Crippen molar-refractivity contribution in [2.45, 2.75) is 63.8 Å². The van der Waals surface area contributed by atoms with Crippen LogP contribution in [0.3, 0.4) is 0 Å². The summed E-state index contributed by atoms with van der Waals surface area (Å²) in [5.74, 6) is 0.0144. The SMILES string of the molecule is CC(C)(C)[Si](C)(C)OC[C@@H]1O[C@H](n2cnc3c(=O)[nH]c(N)nc32)C[C@H]1O. The van der Waals surface area contributed by atoms with E-state index in [9.17, 15) is 9.90 Å². The van der Waals surface area contributed by atoms with Crippen molar-refractivity contribution in [3.63, 3.8) is 0 Å². The normalized spacial score (nSPS) is 24.5. The van der Waals surface area contributed by atoms with Crippen molar-refractivity contribution in [1.82, 2.24) is 19.5 Å². The van der Waals surface area contributed by atoms with Crippen molar-refractivity contribution in [1.29, 1.82) is 0 Å². The summed E-state index contributed by atoms with van der Waals surface area (Å²) >= 11 is 0. The molecule has 2 aromatic rings. The van der Waals surface area contributed by atoms with E-state index in [1.54, 1.807) is 4.57 Å². The first-order valence-electron chi connectivity index (χ1n) is 8.69. The predicted octanol–water partition coefficient (Wildman–Crippen LogP) is 1.37. The summed E-state index contributed by atoms with van der Waals surface area (Å²) in [5.41, 5.74) is 5.76. The van der Waals surface area contributed by atoms with Crippen LogP contribution in [0.2, 0.25) is 18.1 Å². The second-order valence-corrected chi connectivity index (χ2v) is 13.1. The molecule has 2 aromatic heterocycles. The van der Waals surface area contributed by atoms with Crippen LogP contribution in [0.4, 0.5) is 5.95 Å². The fourth-order valence-corrected chi connectivity index (χ4v) is 3.71. The number of imidazole rings is 1. The molecule has 3 heterocycles. The van der Waals surface area contributed by atoms with Gasteiger partial charge in [-0.1, -0.05) is 20.8 Å². The van der Waals surface area contributed by atoms with Gasteiger partial charge in [0.25, 0.3) is 5.56 Å². The number of hydrogen-bond acceptors (Lipinski definition) is 7. The monoisotopic (exact) mass is 381 g/mol. The number of nitrogens with two attached hydrogens (primary N) is 1. The number of aromatic amines is 1. The van der Waals surface area contributed by atoms with Crippen molar-refractivity contribution < 1.29 is 14.3 Å².